The number of hydrogen-bond acceptors (Lipinski definition) is 2. The van der Waals surface area contributed by atoms with Crippen molar-refractivity contribution in [2.24, 2.45) is 0 Å². The van der Waals surface area contributed by atoms with Crippen LogP contribution in [0.3, 0.4) is 0 Å². The second-order valence-corrected chi connectivity index (χ2v) is 6.76. The van der Waals surface area contributed by atoms with Crippen molar-refractivity contribution in [3.8, 4) is 0 Å². The van der Waals surface area contributed by atoms with Gasteiger partial charge in [-0.05, 0) is 25.5 Å². The fourth-order valence-corrected chi connectivity index (χ4v) is 3.40. The third kappa shape index (κ3) is 2.48. The van der Waals surface area contributed by atoms with Gasteiger partial charge in [0, 0.05) is 13.1 Å². The minimum absolute atomic E-state index is 0.0482. The number of urea groups is 1. The Labute approximate surface area is 144 Å². The smallest absolute Gasteiger partial charge is 0.322 e. The molecule has 0 spiro atoms. The van der Waals surface area contributed by atoms with Crippen LogP contribution in [0.25, 0.3) is 0 Å². The molecule has 122 valence electrons. The van der Waals surface area contributed by atoms with E-state index in [4.69, 9.17) is 23.2 Å². The lowest BCUT2D eigenvalue weighted by atomic mass is 9.95. The lowest BCUT2D eigenvalue weighted by molar-refractivity contribution is -0.127. The van der Waals surface area contributed by atoms with E-state index in [1.807, 2.05) is 13.8 Å². The molecule has 0 radical (unpaired) electrons. The molecular weight excluding hydrogens is 337 g/mol. The zero-order chi connectivity index (χ0) is 16.9. The summed E-state index contributed by atoms with van der Waals surface area (Å²) in [6.07, 6.45) is 0. The van der Waals surface area contributed by atoms with Gasteiger partial charge in [-0.1, -0.05) is 35.3 Å². The van der Waals surface area contributed by atoms with Gasteiger partial charge in [0.05, 0.1) is 33.9 Å². The molecule has 1 atom stereocenters. The SMILES string of the molecule is CC(C)N1CC2=C(C1=O)[C@H](c1cccc(Cl)c1Cl)NC(=O)N2C. The molecule has 0 bridgehead atoms. The second-order valence-electron chi connectivity index (χ2n) is 5.97. The van der Waals surface area contributed by atoms with Crippen LogP contribution in [0.2, 0.25) is 10.0 Å². The Bertz CT molecular complexity index is 730. The topological polar surface area (TPSA) is 52.7 Å². The molecule has 0 aliphatic carbocycles. The van der Waals surface area contributed by atoms with Crippen molar-refractivity contribution < 1.29 is 9.59 Å². The molecule has 5 nitrogen and oxygen atoms in total. The minimum Gasteiger partial charge on any atom is -0.331 e. The van der Waals surface area contributed by atoms with Gasteiger partial charge in [0.1, 0.15) is 0 Å². The van der Waals surface area contributed by atoms with Gasteiger partial charge >= 0.3 is 6.03 Å². The maximum absolute atomic E-state index is 12.8. The molecule has 0 aromatic heterocycles. The van der Waals surface area contributed by atoms with E-state index in [0.29, 0.717) is 33.4 Å². The summed E-state index contributed by atoms with van der Waals surface area (Å²) < 4.78 is 0. The summed E-state index contributed by atoms with van der Waals surface area (Å²) >= 11 is 12.4. The van der Waals surface area contributed by atoms with E-state index in [0.717, 1.165) is 0 Å². The number of likely N-dealkylation sites (N-methyl/N-ethyl adjacent to an activating group) is 1. The van der Waals surface area contributed by atoms with Crippen molar-refractivity contribution in [2.75, 3.05) is 13.6 Å². The summed E-state index contributed by atoms with van der Waals surface area (Å²) in [6.45, 7) is 4.32. The predicted octanol–water partition coefficient (Wildman–Crippen LogP) is 3.19. The van der Waals surface area contributed by atoms with Gasteiger partial charge in [0.15, 0.2) is 0 Å². The number of rotatable bonds is 2. The Balaban J connectivity index is 2.12. The van der Waals surface area contributed by atoms with Crippen LogP contribution in [-0.2, 0) is 4.79 Å². The average Bonchev–Trinajstić information content (AvgIpc) is 2.84. The normalized spacial score (nSPS) is 21.2. The van der Waals surface area contributed by atoms with Crippen LogP contribution < -0.4 is 5.32 Å². The van der Waals surface area contributed by atoms with Crippen molar-refractivity contribution in [2.45, 2.75) is 25.9 Å². The third-order valence-corrected chi connectivity index (χ3v) is 5.14. The molecule has 2 heterocycles. The molecule has 2 aliphatic heterocycles. The molecule has 0 saturated heterocycles. The van der Waals surface area contributed by atoms with Crippen LogP contribution in [0, 0.1) is 0 Å². The molecule has 1 N–H and O–H groups in total. The molecule has 1 aromatic carbocycles. The number of amides is 3. The summed E-state index contributed by atoms with van der Waals surface area (Å²) in [7, 11) is 1.66. The lowest BCUT2D eigenvalue weighted by Crippen LogP contribution is -2.45. The molecule has 3 rings (SSSR count). The molecular formula is C16H17Cl2N3O2. The van der Waals surface area contributed by atoms with Crippen molar-refractivity contribution in [1.82, 2.24) is 15.1 Å². The molecule has 0 unspecified atom stereocenters. The number of carbonyl (C=O) groups is 2. The van der Waals surface area contributed by atoms with E-state index in [9.17, 15) is 9.59 Å². The molecule has 2 aliphatic rings. The van der Waals surface area contributed by atoms with Gasteiger partial charge in [0.2, 0.25) is 0 Å². The monoisotopic (exact) mass is 353 g/mol. The second kappa shape index (κ2) is 5.73. The Hall–Kier alpha value is -1.72. The largest absolute Gasteiger partial charge is 0.331 e. The third-order valence-electron chi connectivity index (χ3n) is 4.30. The van der Waals surface area contributed by atoms with Crippen molar-refractivity contribution in [3.63, 3.8) is 0 Å². The van der Waals surface area contributed by atoms with Gasteiger partial charge in [-0.15, -0.1) is 0 Å². The Morgan fingerprint density at radius 3 is 2.61 bits per heavy atom. The molecule has 7 heteroatoms. The Morgan fingerprint density at radius 2 is 1.96 bits per heavy atom. The highest BCUT2D eigenvalue weighted by molar-refractivity contribution is 6.42. The van der Waals surface area contributed by atoms with Crippen molar-refractivity contribution in [1.29, 1.82) is 0 Å². The highest BCUT2D eigenvalue weighted by atomic mass is 35.5. The van der Waals surface area contributed by atoms with E-state index in [1.165, 1.54) is 4.90 Å². The van der Waals surface area contributed by atoms with Crippen LogP contribution in [-0.4, -0.2) is 41.4 Å². The Kier molecular flexibility index (Phi) is 4.02. The fourth-order valence-electron chi connectivity index (χ4n) is 2.98. The van der Waals surface area contributed by atoms with Crippen LogP contribution in [0.4, 0.5) is 4.79 Å². The maximum atomic E-state index is 12.8. The highest BCUT2D eigenvalue weighted by Crippen LogP contribution is 2.40. The molecule has 3 amide bonds. The first kappa shape index (κ1) is 16.1. The van der Waals surface area contributed by atoms with Crippen molar-refractivity contribution >= 4 is 35.1 Å². The number of carbonyl (C=O) groups excluding carboxylic acids is 2. The molecule has 0 saturated carbocycles. The van der Waals surface area contributed by atoms with E-state index < -0.39 is 6.04 Å². The first-order valence-electron chi connectivity index (χ1n) is 7.35. The predicted molar refractivity (Wildman–Crippen MR) is 89.4 cm³/mol. The number of halogens is 2. The van der Waals surface area contributed by atoms with Gasteiger partial charge in [0.25, 0.3) is 5.91 Å². The Morgan fingerprint density at radius 1 is 1.26 bits per heavy atom. The first-order chi connectivity index (χ1) is 10.8. The molecule has 0 fully saturated rings. The van der Waals surface area contributed by atoms with E-state index in [1.54, 1.807) is 30.1 Å². The molecule has 1 aromatic rings. The van der Waals surface area contributed by atoms with E-state index in [2.05, 4.69) is 5.32 Å². The van der Waals surface area contributed by atoms with Gasteiger partial charge in [-0.2, -0.15) is 0 Å². The fraction of sp³-hybridized carbons (Fsp3) is 0.375. The molecule has 23 heavy (non-hydrogen) atoms. The quantitative estimate of drug-likeness (QED) is 0.887. The van der Waals surface area contributed by atoms with Gasteiger partial charge in [-0.3, -0.25) is 9.69 Å². The van der Waals surface area contributed by atoms with Crippen LogP contribution in [0.15, 0.2) is 29.5 Å². The average molecular weight is 354 g/mol. The summed E-state index contributed by atoms with van der Waals surface area (Å²) in [5.74, 6) is -0.0807. The summed E-state index contributed by atoms with van der Waals surface area (Å²) in [4.78, 5) is 28.3. The van der Waals surface area contributed by atoms with Crippen molar-refractivity contribution in [3.05, 3.63) is 45.1 Å². The highest BCUT2D eigenvalue weighted by Gasteiger charge is 2.44. The number of nitrogens with zero attached hydrogens (tertiary/aromatic N) is 2. The van der Waals surface area contributed by atoms with E-state index >= 15 is 0 Å². The number of benzene rings is 1. The van der Waals surface area contributed by atoms with Crippen LogP contribution in [0.5, 0.6) is 0 Å². The summed E-state index contributed by atoms with van der Waals surface area (Å²) in [5, 5.41) is 3.60. The summed E-state index contributed by atoms with van der Waals surface area (Å²) in [5.41, 5.74) is 1.91. The summed E-state index contributed by atoms with van der Waals surface area (Å²) in [6, 6.07) is 4.41. The number of nitrogens with one attached hydrogen (secondary N) is 1. The standard InChI is InChI=1S/C16H17Cl2N3O2/c1-8(2)21-7-11-12(15(21)22)14(19-16(23)20(11)3)9-5-4-6-10(17)13(9)18/h4-6,8,14H,7H2,1-3H3,(H,19,23)/t14-/m0/s1. The maximum Gasteiger partial charge on any atom is 0.322 e. The van der Waals surface area contributed by atoms with Crippen LogP contribution in [0.1, 0.15) is 25.5 Å². The van der Waals surface area contributed by atoms with Crippen LogP contribution >= 0.6 is 23.2 Å². The minimum atomic E-state index is -0.587. The lowest BCUT2D eigenvalue weighted by Gasteiger charge is -2.31. The first-order valence-corrected chi connectivity index (χ1v) is 8.10. The zero-order valence-electron chi connectivity index (χ0n) is 13.1. The van der Waals surface area contributed by atoms with E-state index in [-0.39, 0.29) is 18.0 Å². The number of hydrogen-bond donors (Lipinski definition) is 1. The zero-order valence-corrected chi connectivity index (χ0v) is 14.6. The van der Waals surface area contributed by atoms with Gasteiger partial charge < -0.3 is 10.2 Å². The van der Waals surface area contributed by atoms with Gasteiger partial charge in [-0.25, -0.2) is 4.79 Å².